The summed E-state index contributed by atoms with van der Waals surface area (Å²) in [6.07, 6.45) is 0.778. The number of carboxylic acid groups (broad SMARTS) is 1. The van der Waals surface area contributed by atoms with Gasteiger partial charge < -0.3 is 14.6 Å². The van der Waals surface area contributed by atoms with Crippen LogP contribution in [0.2, 0.25) is 0 Å². The van der Waals surface area contributed by atoms with Crippen LogP contribution in [0.5, 0.6) is 11.5 Å². The first kappa shape index (κ1) is 15.6. The fraction of sp³-hybridized carbons (Fsp3) is 0.462. The van der Waals surface area contributed by atoms with Crippen LogP contribution in [0.25, 0.3) is 0 Å². The average molecular weight is 315 g/mol. The summed E-state index contributed by atoms with van der Waals surface area (Å²) in [6, 6.07) is 3.05. The predicted molar refractivity (Wildman–Crippen MR) is 74.1 cm³/mol. The van der Waals surface area contributed by atoms with Crippen molar-refractivity contribution in [1.29, 1.82) is 0 Å². The van der Waals surface area contributed by atoms with Gasteiger partial charge in [-0.2, -0.15) is 4.72 Å². The highest BCUT2D eigenvalue weighted by molar-refractivity contribution is 7.89. The molecule has 21 heavy (non-hydrogen) atoms. The second-order valence-corrected chi connectivity index (χ2v) is 6.32. The number of carbonyl (C=O) groups is 1. The third-order valence-electron chi connectivity index (χ3n) is 3.00. The molecule has 8 heteroatoms. The van der Waals surface area contributed by atoms with Crippen molar-refractivity contribution in [1.82, 2.24) is 4.72 Å². The van der Waals surface area contributed by atoms with Gasteiger partial charge in [0.05, 0.1) is 4.90 Å². The van der Waals surface area contributed by atoms with E-state index in [0.717, 1.165) is 0 Å². The Kier molecular flexibility index (Phi) is 4.69. The van der Waals surface area contributed by atoms with E-state index < -0.39 is 22.0 Å². The van der Waals surface area contributed by atoms with Gasteiger partial charge in [-0.15, -0.1) is 0 Å². The Morgan fingerprint density at radius 1 is 1.33 bits per heavy atom. The molecule has 1 atom stereocenters. The molecule has 1 aliphatic rings. The van der Waals surface area contributed by atoms with Crippen molar-refractivity contribution in [2.75, 3.05) is 13.2 Å². The molecule has 1 aliphatic heterocycles. The fourth-order valence-electron chi connectivity index (χ4n) is 1.97. The molecule has 1 aromatic rings. The number of hydrogen-bond acceptors (Lipinski definition) is 5. The van der Waals surface area contributed by atoms with E-state index in [2.05, 4.69) is 4.72 Å². The first-order valence-electron chi connectivity index (χ1n) is 6.59. The van der Waals surface area contributed by atoms with Gasteiger partial charge in [0, 0.05) is 6.07 Å². The van der Waals surface area contributed by atoms with Crippen molar-refractivity contribution in [3.8, 4) is 11.5 Å². The second kappa shape index (κ2) is 6.31. The number of benzene rings is 1. The quantitative estimate of drug-likeness (QED) is 0.811. The highest BCUT2D eigenvalue weighted by Crippen LogP contribution is 2.32. The molecule has 0 aliphatic carbocycles. The topological polar surface area (TPSA) is 102 Å². The van der Waals surface area contributed by atoms with Crippen LogP contribution in [-0.2, 0) is 14.8 Å². The Balaban J connectivity index is 2.24. The summed E-state index contributed by atoms with van der Waals surface area (Å²) in [4.78, 5) is 11.0. The predicted octanol–water partition coefficient (Wildman–Crippen LogP) is 0.989. The van der Waals surface area contributed by atoms with E-state index >= 15 is 0 Å². The number of fused-ring (bicyclic) bond motifs is 1. The molecule has 1 aromatic carbocycles. The van der Waals surface area contributed by atoms with E-state index in [1.54, 1.807) is 6.92 Å². The molecule has 0 fully saturated rings. The van der Waals surface area contributed by atoms with Crippen LogP contribution in [0.1, 0.15) is 19.8 Å². The standard InChI is InChI=1S/C13H17NO6S/c1-2-3-10(13(15)16)14-21(17,18)9-4-5-11-12(8-9)20-7-6-19-11/h4-5,8,10,14H,2-3,6-7H2,1H3,(H,15,16)/t10-/m1/s1. The van der Waals surface area contributed by atoms with Crippen molar-refractivity contribution in [2.24, 2.45) is 0 Å². The van der Waals surface area contributed by atoms with Gasteiger partial charge in [0.2, 0.25) is 10.0 Å². The molecule has 1 heterocycles. The van der Waals surface area contributed by atoms with Gasteiger partial charge in [-0.25, -0.2) is 8.42 Å². The Hall–Kier alpha value is -1.80. The lowest BCUT2D eigenvalue weighted by Crippen LogP contribution is -2.40. The van der Waals surface area contributed by atoms with Gasteiger partial charge in [0.1, 0.15) is 19.3 Å². The highest BCUT2D eigenvalue weighted by atomic mass is 32.2. The first-order valence-corrected chi connectivity index (χ1v) is 8.07. The summed E-state index contributed by atoms with van der Waals surface area (Å²) in [5.74, 6) is -0.381. The van der Waals surface area contributed by atoms with Crippen molar-refractivity contribution >= 4 is 16.0 Å². The van der Waals surface area contributed by atoms with Crippen LogP contribution in [0.4, 0.5) is 0 Å². The minimum atomic E-state index is -3.93. The molecule has 7 nitrogen and oxygen atoms in total. The number of nitrogens with one attached hydrogen (secondary N) is 1. The average Bonchev–Trinajstić information content (AvgIpc) is 2.46. The SMILES string of the molecule is CCC[C@@H](NS(=O)(=O)c1ccc2c(c1)OCCO2)C(=O)O. The first-order chi connectivity index (χ1) is 9.94. The molecule has 116 valence electrons. The minimum absolute atomic E-state index is 0.0471. The zero-order valence-corrected chi connectivity index (χ0v) is 12.4. The largest absolute Gasteiger partial charge is 0.486 e. The number of carboxylic acids is 1. The summed E-state index contributed by atoms with van der Waals surface area (Å²) in [5.41, 5.74) is 0. The maximum Gasteiger partial charge on any atom is 0.321 e. The molecule has 2 rings (SSSR count). The zero-order valence-electron chi connectivity index (χ0n) is 11.5. The molecular formula is C13H17NO6S. The van der Waals surface area contributed by atoms with Crippen LogP contribution in [0.15, 0.2) is 23.1 Å². The normalized spacial score (nSPS) is 15.5. The monoisotopic (exact) mass is 315 g/mol. The third kappa shape index (κ3) is 3.64. The van der Waals surface area contributed by atoms with Gasteiger partial charge in [-0.1, -0.05) is 13.3 Å². The van der Waals surface area contributed by atoms with Gasteiger partial charge in [0.15, 0.2) is 11.5 Å². The summed E-state index contributed by atoms with van der Waals surface area (Å²) < 4.78 is 37.3. The lowest BCUT2D eigenvalue weighted by atomic mass is 10.2. The van der Waals surface area contributed by atoms with Crippen LogP contribution in [-0.4, -0.2) is 38.7 Å². The molecule has 0 spiro atoms. The molecule has 0 saturated heterocycles. The van der Waals surface area contributed by atoms with Gasteiger partial charge in [0.25, 0.3) is 0 Å². The van der Waals surface area contributed by atoms with Crippen LogP contribution in [0.3, 0.4) is 0 Å². The molecule has 0 aromatic heterocycles. The van der Waals surface area contributed by atoms with Crippen LogP contribution < -0.4 is 14.2 Å². The highest BCUT2D eigenvalue weighted by Gasteiger charge is 2.26. The number of hydrogen-bond donors (Lipinski definition) is 2. The zero-order chi connectivity index (χ0) is 15.5. The number of sulfonamides is 1. The summed E-state index contributed by atoms with van der Waals surface area (Å²) >= 11 is 0. The van der Waals surface area contributed by atoms with Crippen molar-refractivity contribution in [3.63, 3.8) is 0 Å². The van der Waals surface area contributed by atoms with Gasteiger partial charge in [-0.3, -0.25) is 4.79 Å². The van der Waals surface area contributed by atoms with E-state index in [-0.39, 0.29) is 11.3 Å². The molecule has 0 bridgehead atoms. The smallest absolute Gasteiger partial charge is 0.321 e. The number of ether oxygens (including phenoxy) is 2. The summed E-state index contributed by atoms with van der Waals surface area (Å²) in [6.45, 7) is 2.54. The summed E-state index contributed by atoms with van der Waals surface area (Å²) in [5, 5.41) is 9.04. The Labute approximate surface area is 122 Å². The van der Waals surface area contributed by atoms with E-state index in [4.69, 9.17) is 14.6 Å². The van der Waals surface area contributed by atoms with E-state index in [1.807, 2.05) is 0 Å². The number of aliphatic carboxylic acids is 1. The maximum absolute atomic E-state index is 12.2. The van der Waals surface area contributed by atoms with Crippen molar-refractivity contribution in [3.05, 3.63) is 18.2 Å². The molecular weight excluding hydrogens is 298 g/mol. The van der Waals surface area contributed by atoms with E-state index in [9.17, 15) is 13.2 Å². The third-order valence-corrected chi connectivity index (χ3v) is 4.47. The molecule has 2 N–H and O–H groups in total. The molecule has 0 radical (unpaired) electrons. The molecule has 0 amide bonds. The minimum Gasteiger partial charge on any atom is -0.486 e. The Morgan fingerprint density at radius 2 is 2.00 bits per heavy atom. The van der Waals surface area contributed by atoms with Crippen molar-refractivity contribution < 1.29 is 27.8 Å². The Morgan fingerprint density at radius 3 is 2.62 bits per heavy atom. The van der Waals surface area contributed by atoms with Gasteiger partial charge in [-0.05, 0) is 18.6 Å². The maximum atomic E-state index is 12.2. The second-order valence-electron chi connectivity index (χ2n) is 4.61. The van der Waals surface area contributed by atoms with Crippen LogP contribution >= 0.6 is 0 Å². The Bertz CT molecular complexity index is 628. The fourth-order valence-corrected chi connectivity index (χ4v) is 3.21. The van der Waals surface area contributed by atoms with E-state index in [1.165, 1.54) is 18.2 Å². The van der Waals surface area contributed by atoms with E-state index in [0.29, 0.717) is 31.1 Å². The lowest BCUT2D eigenvalue weighted by molar-refractivity contribution is -0.139. The lowest BCUT2D eigenvalue weighted by Gasteiger charge is -2.19. The summed E-state index contributed by atoms with van der Waals surface area (Å²) in [7, 11) is -3.93. The van der Waals surface area contributed by atoms with Crippen LogP contribution in [0, 0.1) is 0 Å². The van der Waals surface area contributed by atoms with Crippen molar-refractivity contribution in [2.45, 2.75) is 30.7 Å². The van der Waals surface area contributed by atoms with Gasteiger partial charge >= 0.3 is 5.97 Å². The molecule has 0 unspecified atom stereocenters. The number of rotatable bonds is 6. The molecule has 0 saturated carbocycles.